The van der Waals surface area contributed by atoms with Gasteiger partial charge in [-0.05, 0) is 54.2 Å². The second-order valence-corrected chi connectivity index (χ2v) is 6.27. The highest BCUT2D eigenvalue weighted by Crippen LogP contribution is 2.29. The van der Waals surface area contributed by atoms with Crippen molar-refractivity contribution in [2.45, 2.75) is 25.2 Å². The topological polar surface area (TPSA) is 88.3 Å². The lowest BCUT2D eigenvalue weighted by Gasteiger charge is -2.32. The van der Waals surface area contributed by atoms with Crippen molar-refractivity contribution in [1.29, 1.82) is 0 Å². The van der Waals surface area contributed by atoms with Crippen LogP contribution >= 0.6 is 0 Å². The van der Waals surface area contributed by atoms with Crippen LogP contribution in [0.25, 0.3) is 0 Å². The summed E-state index contributed by atoms with van der Waals surface area (Å²) in [5, 5.41) is 0. The predicted octanol–water partition coefficient (Wildman–Crippen LogP) is 1.63. The van der Waals surface area contributed by atoms with Gasteiger partial charge in [-0.25, -0.2) is 5.84 Å². The Morgan fingerprint density at radius 1 is 1.20 bits per heavy atom. The van der Waals surface area contributed by atoms with Crippen molar-refractivity contribution in [3.63, 3.8) is 0 Å². The molecule has 6 nitrogen and oxygen atoms in total. The average molecular weight is 338 g/mol. The highest BCUT2D eigenvalue weighted by molar-refractivity contribution is 5.93. The fraction of sp³-hybridized carbons (Fsp3) is 0.316. The lowest BCUT2D eigenvalue weighted by molar-refractivity contribution is -0.133. The van der Waals surface area contributed by atoms with Gasteiger partial charge in [-0.15, -0.1) is 0 Å². The Hall–Kier alpha value is -2.73. The van der Waals surface area contributed by atoms with E-state index in [1.54, 1.807) is 24.5 Å². The molecule has 1 unspecified atom stereocenters. The first-order valence-electron chi connectivity index (χ1n) is 8.45. The summed E-state index contributed by atoms with van der Waals surface area (Å²) in [6, 6.07) is 11.3. The molecule has 0 radical (unpaired) electrons. The molecule has 6 heteroatoms. The Bertz CT molecular complexity index is 731. The van der Waals surface area contributed by atoms with Crippen molar-refractivity contribution < 1.29 is 9.59 Å². The SMILES string of the molecule is NNC(=O)c1ccc(C2CCN(CCc3ccncc3)C(=O)C2)cc1. The molecule has 1 aromatic heterocycles. The number of piperidine rings is 1. The van der Waals surface area contributed by atoms with E-state index < -0.39 is 0 Å². The Labute approximate surface area is 147 Å². The lowest BCUT2D eigenvalue weighted by Crippen LogP contribution is -2.39. The van der Waals surface area contributed by atoms with Gasteiger partial charge < -0.3 is 4.90 Å². The summed E-state index contributed by atoms with van der Waals surface area (Å²) < 4.78 is 0. The minimum atomic E-state index is -0.312. The van der Waals surface area contributed by atoms with E-state index in [1.807, 2.05) is 29.2 Å². The molecule has 0 aliphatic carbocycles. The largest absolute Gasteiger partial charge is 0.342 e. The van der Waals surface area contributed by atoms with E-state index in [1.165, 1.54) is 5.56 Å². The first-order valence-corrected chi connectivity index (χ1v) is 8.45. The third kappa shape index (κ3) is 4.22. The van der Waals surface area contributed by atoms with Crippen molar-refractivity contribution in [3.8, 4) is 0 Å². The van der Waals surface area contributed by atoms with Crippen molar-refractivity contribution >= 4 is 11.8 Å². The summed E-state index contributed by atoms with van der Waals surface area (Å²) in [6.07, 6.45) is 5.85. The van der Waals surface area contributed by atoms with Gasteiger partial charge in [-0.2, -0.15) is 0 Å². The van der Waals surface area contributed by atoms with E-state index >= 15 is 0 Å². The van der Waals surface area contributed by atoms with Crippen LogP contribution in [0.15, 0.2) is 48.8 Å². The lowest BCUT2D eigenvalue weighted by atomic mass is 9.88. The van der Waals surface area contributed by atoms with Crippen molar-refractivity contribution in [2.24, 2.45) is 5.84 Å². The van der Waals surface area contributed by atoms with Gasteiger partial charge in [0.1, 0.15) is 0 Å². The molecular weight excluding hydrogens is 316 g/mol. The van der Waals surface area contributed by atoms with E-state index in [-0.39, 0.29) is 17.7 Å². The van der Waals surface area contributed by atoms with Crippen molar-refractivity contribution in [1.82, 2.24) is 15.3 Å². The summed E-state index contributed by atoms with van der Waals surface area (Å²) in [5.41, 5.74) is 4.92. The molecule has 0 saturated carbocycles. The van der Waals surface area contributed by atoms with Gasteiger partial charge in [0, 0.05) is 37.5 Å². The summed E-state index contributed by atoms with van der Waals surface area (Å²) in [5.74, 6) is 5.22. The van der Waals surface area contributed by atoms with Crippen LogP contribution in [0, 0.1) is 0 Å². The van der Waals surface area contributed by atoms with Gasteiger partial charge in [-0.3, -0.25) is 20.0 Å². The van der Waals surface area contributed by atoms with E-state index in [2.05, 4.69) is 10.4 Å². The first-order chi connectivity index (χ1) is 12.2. The molecule has 0 bridgehead atoms. The number of aromatic nitrogens is 1. The summed E-state index contributed by atoms with van der Waals surface area (Å²) in [7, 11) is 0. The molecule has 25 heavy (non-hydrogen) atoms. The molecular formula is C19H22N4O2. The predicted molar refractivity (Wildman–Crippen MR) is 94.6 cm³/mol. The second kappa shape index (κ2) is 7.90. The van der Waals surface area contributed by atoms with Gasteiger partial charge in [0.05, 0.1) is 0 Å². The monoisotopic (exact) mass is 338 g/mol. The Morgan fingerprint density at radius 2 is 1.92 bits per heavy atom. The fourth-order valence-electron chi connectivity index (χ4n) is 3.20. The van der Waals surface area contributed by atoms with Crippen molar-refractivity contribution in [2.75, 3.05) is 13.1 Å². The third-order valence-corrected chi connectivity index (χ3v) is 4.72. The maximum absolute atomic E-state index is 12.5. The smallest absolute Gasteiger partial charge is 0.265 e. The van der Waals surface area contributed by atoms with E-state index in [0.29, 0.717) is 12.0 Å². The Balaban J connectivity index is 1.56. The highest BCUT2D eigenvalue weighted by atomic mass is 16.2. The number of nitrogen functional groups attached to an aromatic ring is 1. The molecule has 1 fully saturated rings. The van der Waals surface area contributed by atoms with Crippen LogP contribution in [0.1, 0.15) is 40.2 Å². The molecule has 1 aliphatic rings. The van der Waals surface area contributed by atoms with Gasteiger partial charge >= 0.3 is 0 Å². The minimum absolute atomic E-state index is 0.189. The van der Waals surface area contributed by atoms with E-state index in [0.717, 1.165) is 31.5 Å². The van der Waals surface area contributed by atoms with Gasteiger partial charge in [0.25, 0.3) is 5.91 Å². The molecule has 3 rings (SSSR count). The van der Waals surface area contributed by atoms with Crippen LogP contribution in [0.2, 0.25) is 0 Å². The normalized spacial score (nSPS) is 17.4. The molecule has 0 spiro atoms. The highest BCUT2D eigenvalue weighted by Gasteiger charge is 2.26. The summed E-state index contributed by atoms with van der Waals surface area (Å²) in [6.45, 7) is 1.50. The second-order valence-electron chi connectivity index (χ2n) is 6.27. The number of hydrogen-bond donors (Lipinski definition) is 2. The van der Waals surface area contributed by atoms with Crippen LogP contribution < -0.4 is 11.3 Å². The average Bonchev–Trinajstić information content (AvgIpc) is 2.67. The first kappa shape index (κ1) is 17.1. The number of nitrogens with two attached hydrogens (primary N) is 1. The molecule has 2 aromatic rings. The number of hydrazine groups is 1. The molecule has 3 N–H and O–H groups in total. The number of carbonyl (C=O) groups is 2. The number of rotatable bonds is 5. The zero-order valence-electron chi connectivity index (χ0n) is 14.0. The Kier molecular flexibility index (Phi) is 5.40. The number of hydrogen-bond acceptors (Lipinski definition) is 4. The molecule has 1 atom stereocenters. The maximum Gasteiger partial charge on any atom is 0.265 e. The maximum atomic E-state index is 12.5. The summed E-state index contributed by atoms with van der Waals surface area (Å²) >= 11 is 0. The van der Waals surface area contributed by atoms with Crippen LogP contribution in [0.3, 0.4) is 0 Å². The van der Waals surface area contributed by atoms with Crippen LogP contribution in [-0.2, 0) is 11.2 Å². The zero-order chi connectivity index (χ0) is 17.6. The van der Waals surface area contributed by atoms with Crippen LogP contribution in [-0.4, -0.2) is 34.8 Å². The number of pyridine rings is 1. The van der Waals surface area contributed by atoms with Gasteiger partial charge in [-0.1, -0.05) is 12.1 Å². The number of nitrogens with zero attached hydrogens (tertiary/aromatic N) is 2. The summed E-state index contributed by atoms with van der Waals surface area (Å²) in [4.78, 5) is 29.9. The quantitative estimate of drug-likeness (QED) is 0.493. The molecule has 2 amide bonds. The third-order valence-electron chi connectivity index (χ3n) is 4.72. The number of nitrogens with one attached hydrogen (secondary N) is 1. The molecule has 1 aliphatic heterocycles. The number of benzene rings is 1. The fourth-order valence-corrected chi connectivity index (χ4v) is 3.20. The molecule has 1 saturated heterocycles. The minimum Gasteiger partial charge on any atom is -0.342 e. The molecule has 130 valence electrons. The Morgan fingerprint density at radius 3 is 2.56 bits per heavy atom. The van der Waals surface area contributed by atoms with Crippen LogP contribution in [0.5, 0.6) is 0 Å². The molecule has 2 heterocycles. The molecule has 1 aromatic carbocycles. The van der Waals surface area contributed by atoms with Crippen molar-refractivity contribution in [3.05, 3.63) is 65.5 Å². The number of likely N-dealkylation sites (tertiary alicyclic amines) is 1. The standard InChI is InChI=1S/C19H22N4O2/c20-22-19(25)16-3-1-15(2-4-16)17-8-12-23(18(24)13-17)11-7-14-5-9-21-10-6-14/h1-6,9-10,17H,7-8,11-13,20H2,(H,22,25). The number of amides is 2. The zero-order valence-corrected chi connectivity index (χ0v) is 14.0. The van der Waals surface area contributed by atoms with E-state index in [9.17, 15) is 9.59 Å². The van der Waals surface area contributed by atoms with E-state index in [4.69, 9.17) is 5.84 Å². The van der Waals surface area contributed by atoms with Gasteiger partial charge in [0.2, 0.25) is 5.91 Å². The number of carbonyl (C=O) groups excluding carboxylic acids is 2. The van der Waals surface area contributed by atoms with Gasteiger partial charge in [0.15, 0.2) is 0 Å². The van der Waals surface area contributed by atoms with Crippen LogP contribution in [0.4, 0.5) is 0 Å².